The first-order valence-electron chi connectivity index (χ1n) is 9.87. The monoisotopic (exact) mass is 355 g/mol. The van der Waals surface area contributed by atoms with Crippen molar-refractivity contribution in [3.63, 3.8) is 0 Å². The summed E-state index contributed by atoms with van der Waals surface area (Å²) >= 11 is 0. The van der Waals surface area contributed by atoms with Crippen molar-refractivity contribution in [2.75, 3.05) is 32.8 Å². The number of nitrogens with one attached hydrogen (secondary N) is 1. The summed E-state index contributed by atoms with van der Waals surface area (Å²) in [5, 5.41) is 3.61. The molecule has 0 aromatic heterocycles. The van der Waals surface area contributed by atoms with Gasteiger partial charge in [0.2, 0.25) is 0 Å². The van der Waals surface area contributed by atoms with Gasteiger partial charge in [-0.25, -0.2) is 0 Å². The highest BCUT2D eigenvalue weighted by Crippen LogP contribution is 2.45. The second kappa shape index (κ2) is 7.41. The quantitative estimate of drug-likeness (QED) is 0.840. The molecular formula is C21H29N3O2. The van der Waals surface area contributed by atoms with Gasteiger partial charge in [-0.05, 0) is 44.4 Å². The number of carbonyl (C=O) groups is 1. The van der Waals surface area contributed by atoms with Gasteiger partial charge < -0.3 is 9.64 Å². The van der Waals surface area contributed by atoms with Crippen LogP contribution in [0.2, 0.25) is 0 Å². The summed E-state index contributed by atoms with van der Waals surface area (Å²) in [7, 11) is 0. The van der Waals surface area contributed by atoms with Crippen molar-refractivity contribution in [1.29, 1.82) is 0 Å². The summed E-state index contributed by atoms with van der Waals surface area (Å²) in [5.41, 5.74) is 1.97. The molecule has 0 spiro atoms. The second-order valence-corrected chi connectivity index (χ2v) is 7.60. The summed E-state index contributed by atoms with van der Waals surface area (Å²) in [4.78, 5) is 17.9. The zero-order valence-electron chi connectivity index (χ0n) is 15.6. The number of carbonyl (C=O) groups excluding carboxylic acids is 1. The number of hydrogen-bond donors (Lipinski definition) is 1. The van der Waals surface area contributed by atoms with Gasteiger partial charge in [-0.1, -0.05) is 30.3 Å². The molecule has 0 radical (unpaired) electrons. The van der Waals surface area contributed by atoms with E-state index in [2.05, 4.69) is 45.5 Å². The third kappa shape index (κ3) is 3.14. The van der Waals surface area contributed by atoms with E-state index in [9.17, 15) is 4.79 Å². The first-order chi connectivity index (χ1) is 12.7. The molecule has 26 heavy (non-hydrogen) atoms. The third-order valence-electron chi connectivity index (χ3n) is 5.93. The number of esters is 1. The molecule has 4 rings (SSSR count). The molecule has 2 atom stereocenters. The van der Waals surface area contributed by atoms with E-state index in [1.165, 1.54) is 11.3 Å². The van der Waals surface area contributed by atoms with Crippen LogP contribution < -0.4 is 5.32 Å². The molecule has 0 aliphatic carbocycles. The van der Waals surface area contributed by atoms with Gasteiger partial charge in [0.1, 0.15) is 5.41 Å². The molecule has 1 aromatic rings. The third-order valence-corrected chi connectivity index (χ3v) is 5.93. The maximum atomic E-state index is 13.1. The Morgan fingerprint density at radius 3 is 3.00 bits per heavy atom. The van der Waals surface area contributed by atoms with Crippen molar-refractivity contribution in [1.82, 2.24) is 15.1 Å². The van der Waals surface area contributed by atoms with Crippen LogP contribution in [0.4, 0.5) is 0 Å². The number of nitrogens with zero attached hydrogens (tertiary/aromatic N) is 2. The predicted octanol–water partition coefficient (Wildman–Crippen LogP) is 2.35. The molecule has 2 saturated heterocycles. The van der Waals surface area contributed by atoms with Crippen molar-refractivity contribution < 1.29 is 9.53 Å². The average molecular weight is 355 g/mol. The van der Waals surface area contributed by atoms with E-state index in [0.717, 1.165) is 52.0 Å². The molecule has 3 aliphatic heterocycles. The van der Waals surface area contributed by atoms with Gasteiger partial charge in [-0.3, -0.25) is 15.0 Å². The zero-order valence-corrected chi connectivity index (χ0v) is 15.6. The molecule has 0 saturated carbocycles. The lowest BCUT2D eigenvalue weighted by molar-refractivity contribution is -0.159. The number of fused-ring (bicyclic) bond motifs is 3. The van der Waals surface area contributed by atoms with Gasteiger partial charge >= 0.3 is 5.97 Å². The number of ether oxygens (including phenoxy) is 1. The average Bonchev–Trinajstić information content (AvgIpc) is 2.68. The van der Waals surface area contributed by atoms with Crippen LogP contribution in [-0.4, -0.2) is 54.7 Å². The van der Waals surface area contributed by atoms with Crippen LogP contribution in [0.1, 0.15) is 31.7 Å². The van der Waals surface area contributed by atoms with Crippen molar-refractivity contribution in [3.8, 4) is 0 Å². The molecule has 1 N–H and O–H groups in total. The number of rotatable bonds is 4. The molecule has 0 bridgehead atoms. The van der Waals surface area contributed by atoms with Gasteiger partial charge in [0.05, 0.1) is 12.8 Å². The fourth-order valence-electron chi connectivity index (χ4n) is 4.75. The van der Waals surface area contributed by atoms with Crippen LogP contribution in [0.5, 0.6) is 0 Å². The maximum Gasteiger partial charge on any atom is 0.319 e. The fraction of sp³-hybridized carbons (Fsp3) is 0.571. The predicted molar refractivity (Wildman–Crippen MR) is 101 cm³/mol. The minimum absolute atomic E-state index is 0.0481. The molecule has 3 heterocycles. The molecule has 1 aromatic carbocycles. The number of benzene rings is 1. The first kappa shape index (κ1) is 17.6. The lowest BCUT2D eigenvalue weighted by Gasteiger charge is -2.53. The van der Waals surface area contributed by atoms with E-state index >= 15 is 0 Å². The molecule has 2 unspecified atom stereocenters. The molecular weight excluding hydrogens is 326 g/mol. The van der Waals surface area contributed by atoms with Crippen LogP contribution in [0, 0.1) is 5.41 Å². The van der Waals surface area contributed by atoms with Crippen LogP contribution in [0.15, 0.2) is 42.1 Å². The number of hydrogen-bond acceptors (Lipinski definition) is 5. The minimum Gasteiger partial charge on any atom is -0.465 e. The van der Waals surface area contributed by atoms with Gasteiger partial charge in [-0.2, -0.15) is 0 Å². The first-order valence-corrected chi connectivity index (χ1v) is 9.87. The van der Waals surface area contributed by atoms with Gasteiger partial charge in [0.15, 0.2) is 0 Å². The van der Waals surface area contributed by atoms with E-state index in [1.807, 2.05) is 13.0 Å². The second-order valence-electron chi connectivity index (χ2n) is 7.60. The summed E-state index contributed by atoms with van der Waals surface area (Å²) in [6.45, 7) is 6.94. The highest BCUT2D eigenvalue weighted by atomic mass is 16.5. The van der Waals surface area contributed by atoms with Crippen molar-refractivity contribution >= 4 is 5.97 Å². The van der Waals surface area contributed by atoms with E-state index in [4.69, 9.17) is 4.74 Å². The summed E-state index contributed by atoms with van der Waals surface area (Å²) < 4.78 is 5.57. The maximum absolute atomic E-state index is 13.1. The van der Waals surface area contributed by atoms with Crippen LogP contribution in [0.25, 0.3) is 0 Å². The Kier molecular flexibility index (Phi) is 5.00. The Morgan fingerprint density at radius 1 is 1.35 bits per heavy atom. The minimum atomic E-state index is -0.515. The smallest absolute Gasteiger partial charge is 0.319 e. The van der Waals surface area contributed by atoms with Crippen molar-refractivity contribution in [2.45, 2.75) is 38.9 Å². The Morgan fingerprint density at radius 2 is 2.19 bits per heavy atom. The molecule has 140 valence electrons. The molecule has 0 amide bonds. The van der Waals surface area contributed by atoms with E-state index in [0.29, 0.717) is 12.8 Å². The van der Waals surface area contributed by atoms with E-state index in [1.54, 1.807) is 0 Å². The van der Waals surface area contributed by atoms with Crippen molar-refractivity contribution in [3.05, 3.63) is 47.7 Å². The van der Waals surface area contributed by atoms with Crippen LogP contribution in [-0.2, 0) is 16.1 Å². The topological polar surface area (TPSA) is 44.8 Å². The highest BCUT2D eigenvalue weighted by molar-refractivity contribution is 5.81. The zero-order chi connectivity index (χ0) is 18.0. The highest BCUT2D eigenvalue weighted by Gasteiger charge is 2.52. The van der Waals surface area contributed by atoms with Gasteiger partial charge in [0.25, 0.3) is 0 Å². The van der Waals surface area contributed by atoms with Gasteiger partial charge in [0, 0.05) is 31.9 Å². The van der Waals surface area contributed by atoms with E-state index < -0.39 is 5.41 Å². The van der Waals surface area contributed by atoms with Crippen LogP contribution >= 0.6 is 0 Å². The fourth-order valence-corrected chi connectivity index (χ4v) is 4.75. The molecule has 5 nitrogen and oxygen atoms in total. The standard InChI is InChI=1S/C21H29N3O2/c1-2-26-20(25)21-11-9-19-22-12-6-13-24(19)18(21)10-14-23(16-21)15-17-7-4-3-5-8-17/h3-5,7-8,10,19,22H,2,6,9,11-16H2,1H3. The lowest BCUT2D eigenvalue weighted by Crippen LogP contribution is -2.62. The number of piperidine rings is 1. The molecule has 3 aliphatic rings. The SMILES string of the molecule is CCOC(=O)C12CCC3NCCCN3C1=CCN(Cc1ccccc1)C2. The molecule has 2 fully saturated rings. The Bertz CT molecular complexity index is 675. The van der Waals surface area contributed by atoms with Gasteiger partial charge in [-0.15, -0.1) is 0 Å². The largest absolute Gasteiger partial charge is 0.465 e. The Hall–Kier alpha value is -1.85. The lowest BCUT2D eigenvalue weighted by atomic mass is 9.72. The molecule has 5 heteroatoms. The van der Waals surface area contributed by atoms with E-state index in [-0.39, 0.29) is 5.97 Å². The van der Waals surface area contributed by atoms with Crippen molar-refractivity contribution in [2.24, 2.45) is 5.41 Å². The Balaban J connectivity index is 1.62. The summed E-state index contributed by atoms with van der Waals surface area (Å²) in [5.74, 6) is -0.0481. The summed E-state index contributed by atoms with van der Waals surface area (Å²) in [6, 6.07) is 10.5. The normalized spacial score (nSPS) is 28.7. The summed E-state index contributed by atoms with van der Waals surface area (Å²) in [6.07, 6.45) is 5.63. The van der Waals surface area contributed by atoms with Crippen LogP contribution in [0.3, 0.4) is 0 Å². The Labute approximate surface area is 156 Å².